The number of unbranched alkanes of at least 4 members (excludes halogenated alkanes) is 4. The summed E-state index contributed by atoms with van der Waals surface area (Å²) in [4.78, 5) is 17.8. The Labute approximate surface area is 203 Å². The quantitative estimate of drug-likeness (QED) is 0.197. The molecule has 0 radical (unpaired) electrons. The number of carbonyl (C=O) groups is 2. The summed E-state index contributed by atoms with van der Waals surface area (Å²) in [6.45, 7) is 11.3. The second-order valence-electron chi connectivity index (χ2n) is 7.43. The fraction of sp³-hybridized carbons (Fsp3) is 0.913. The molecule has 0 N–H and O–H groups in total. The van der Waals surface area contributed by atoms with Gasteiger partial charge in [-0.15, -0.1) is 15.8 Å². The number of hydrogen-bond donors (Lipinski definition) is 0. The number of rotatable bonds is 16. The van der Waals surface area contributed by atoms with E-state index in [1.165, 1.54) is 51.4 Å². The first kappa shape index (κ1) is 37.8. The van der Waals surface area contributed by atoms with Gasteiger partial charge in [0.05, 0.1) is 0 Å². The molecule has 4 nitrogen and oxygen atoms in total. The fourth-order valence-electron chi connectivity index (χ4n) is 2.72. The Morgan fingerprint density at radius 1 is 0.533 bits per heavy atom. The Bertz CT molecular complexity index is 302. The van der Waals surface area contributed by atoms with Gasteiger partial charge >= 0.3 is 20.4 Å². The van der Waals surface area contributed by atoms with Crippen LogP contribution in [0.2, 0.25) is 0 Å². The summed E-state index contributed by atoms with van der Waals surface area (Å²) >= 11 is 0. The van der Waals surface area contributed by atoms with Crippen LogP contribution in [0.15, 0.2) is 0 Å². The first-order valence-corrected chi connectivity index (χ1v) is 15.3. The number of carbonyl (C=O) groups excluding carboxylic acids is 2. The van der Waals surface area contributed by atoms with E-state index < -0.39 is 11.9 Å². The standard InChI is InChI=1S/C19H42P2.2C2H4O2.Pd/c1-5-9-14-20(15-10-6-2)18-13-19-21(16-11-7-3)17-12-8-4;2*1-2(3)4;/h5-19H2,1-4H3;2*1H3,(H,3,4);/q;;;+2/p-2. The molecule has 0 fully saturated rings. The van der Waals surface area contributed by atoms with Crippen LogP contribution in [0.1, 0.15) is 99.3 Å². The molecule has 0 saturated heterocycles. The summed E-state index contributed by atoms with van der Waals surface area (Å²) < 4.78 is 0. The number of hydrogen-bond acceptors (Lipinski definition) is 4. The third kappa shape index (κ3) is 42.5. The van der Waals surface area contributed by atoms with Crippen LogP contribution < -0.4 is 10.2 Å². The normalized spacial score (nSPS) is 9.87. The minimum absolute atomic E-state index is 0. The molecular formula is C23H48O4P2Pd. The van der Waals surface area contributed by atoms with Gasteiger partial charge in [0.15, 0.2) is 0 Å². The predicted octanol–water partition coefficient (Wildman–Crippen LogP) is 5.05. The molecule has 0 aromatic heterocycles. The third-order valence-electron chi connectivity index (χ3n) is 4.26. The van der Waals surface area contributed by atoms with Gasteiger partial charge in [0.1, 0.15) is 0 Å². The van der Waals surface area contributed by atoms with E-state index in [1.54, 1.807) is 43.4 Å². The van der Waals surface area contributed by atoms with E-state index in [9.17, 15) is 0 Å². The minimum atomic E-state index is -1.08. The Balaban J connectivity index is -0.000000319. The van der Waals surface area contributed by atoms with Crippen molar-refractivity contribution in [3.63, 3.8) is 0 Å². The van der Waals surface area contributed by atoms with Crippen molar-refractivity contribution in [3.05, 3.63) is 0 Å². The Morgan fingerprint density at radius 3 is 0.867 bits per heavy atom. The Kier molecular flexibility index (Phi) is 39.8. The molecule has 0 rings (SSSR count). The van der Waals surface area contributed by atoms with Crippen LogP contribution >= 0.6 is 15.8 Å². The van der Waals surface area contributed by atoms with Crippen LogP contribution in [0, 0.1) is 0 Å². The molecule has 0 amide bonds. The smallest absolute Gasteiger partial charge is 0.550 e. The molecule has 0 aromatic carbocycles. The van der Waals surface area contributed by atoms with Crippen molar-refractivity contribution in [1.29, 1.82) is 0 Å². The minimum Gasteiger partial charge on any atom is -0.550 e. The molecule has 0 heterocycles. The molecule has 0 aliphatic carbocycles. The zero-order valence-corrected chi connectivity index (χ0v) is 23.8. The topological polar surface area (TPSA) is 80.3 Å². The van der Waals surface area contributed by atoms with Crippen LogP contribution in [0.3, 0.4) is 0 Å². The second-order valence-corrected chi connectivity index (χ2v) is 12.8. The van der Waals surface area contributed by atoms with Crippen LogP contribution in [0.4, 0.5) is 0 Å². The first-order valence-electron chi connectivity index (χ1n) is 11.5. The molecule has 0 bridgehead atoms. The monoisotopic (exact) mass is 556 g/mol. The molecule has 0 saturated carbocycles. The molecule has 30 heavy (non-hydrogen) atoms. The molecule has 0 aliphatic heterocycles. The van der Waals surface area contributed by atoms with E-state index in [1.807, 2.05) is 0 Å². The maximum atomic E-state index is 8.89. The molecule has 7 heteroatoms. The molecule has 0 spiro atoms. The summed E-state index contributed by atoms with van der Waals surface area (Å²) in [5.74, 6) is -2.17. The first-order chi connectivity index (χ1) is 13.7. The van der Waals surface area contributed by atoms with Crippen molar-refractivity contribution in [1.82, 2.24) is 0 Å². The summed E-state index contributed by atoms with van der Waals surface area (Å²) in [7, 11) is 0.763. The van der Waals surface area contributed by atoms with E-state index in [-0.39, 0.29) is 20.4 Å². The van der Waals surface area contributed by atoms with Crippen molar-refractivity contribution in [2.75, 3.05) is 37.0 Å². The fourth-order valence-corrected chi connectivity index (χ4v) is 8.57. The van der Waals surface area contributed by atoms with Gasteiger partial charge in [0.2, 0.25) is 0 Å². The average Bonchev–Trinajstić information content (AvgIpc) is 2.64. The summed E-state index contributed by atoms with van der Waals surface area (Å²) in [5.41, 5.74) is 0. The number of aliphatic carboxylic acids is 2. The maximum Gasteiger partial charge on any atom is 2.00 e. The Hall–Kier alpha value is 0.462. The second kappa shape index (κ2) is 31.6. The molecule has 0 atom stereocenters. The summed E-state index contributed by atoms with van der Waals surface area (Å²) in [5, 5.41) is 17.8. The van der Waals surface area contributed by atoms with Crippen molar-refractivity contribution < 1.29 is 40.2 Å². The van der Waals surface area contributed by atoms with E-state index in [4.69, 9.17) is 19.8 Å². The molecule has 0 aromatic rings. The van der Waals surface area contributed by atoms with Crippen molar-refractivity contribution in [2.45, 2.75) is 99.3 Å². The van der Waals surface area contributed by atoms with E-state index in [0.717, 1.165) is 13.8 Å². The summed E-state index contributed by atoms with van der Waals surface area (Å²) in [6, 6.07) is 0. The van der Waals surface area contributed by atoms with E-state index >= 15 is 0 Å². The van der Waals surface area contributed by atoms with Crippen LogP contribution in [-0.4, -0.2) is 48.9 Å². The van der Waals surface area contributed by atoms with Crippen LogP contribution in [0.5, 0.6) is 0 Å². The molecule has 0 unspecified atom stereocenters. The van der Waals surface area contributed by atoms with Crippen molar-refractivity contribution in [3.8, 4) is 0 Å². The molecule has 184 valence electrons. The molecule has 0 aliphatic rings. The SMILES string of the molecule is CC(=O)[O-].CC(=O)[O-].CCCCP(CCCC)CCCP(CCCC)CCCC.[Pd+2]. The van der Waals surface area contributed by atoms with E-state index in [0.29, 0.717) is 15.8 Å². The van der Waals surface area contributed by atoms with Gasteiger partial charge in [-0.25, -0.2) is 0 Å². The van der Waals surface area contributed by atoms with Gasteiger partial charge in [0.25, 0.3) is 0 Å². The van der Waals surface area contributed by atoms with Gasteiger partial charge in [-0.2, -0.15) is 0 Å². The molecular weight excluding hydrogens is 509 g/mol. The van der Waals surface area contributed by atoms with Gasteiger partial charge in [-0.3, -0.25) is 0 Å². The van der Waals surface area contributed by atoms with Gasteiger partial charge < -0.3 is 19.8 Å². The number of carboxylic acids is 2. The van der Waals surface area contributed by atoms with Crippen molar-refractivity contribution in [2.24, 2.45) is 0 Å². The van der Waals surface area contributed by atoms with E-state index in [2.05, 4.69) is 27.7 Å². The van der Waals surface area contributed by atoms with Gasteiger partial charge in [-0.05, 0) is 82.9 Å². The van der Waals surface area contributed by atoms with Crippen molar-refractivity contribution >= 4 is 27.8 Å². The average molecular weight is 557 g/mol. The number of carboxylic acid groups (broad SMARTS) is 2. The Morgan fingerprint density at radius 2 is 0.700 bits per heavy atom. The summed E-state index contributed by atoms with van der Waals surface area (Å²) in [6.07, 6.45) is 22.5. The van der Waals surface area contributed by atoms with Crippen LogP contribution in [-0.2, 0) is 30.0 Å². The van der Waals surface area contributed by atoms with Crippen LogP contribution in [0.25, 0.3) is 0 Å². The zero-order valence-electron chi connectivity index (χ0n) is 20.5. The van der Waals surface area contributed by atoms with Gasteiger partial charge in [-0.1, -0.05) is 53.4 Å². The largest absolute Gasteiger partial charge is 2.00 e. The van der Waals surface area contributed by atoms with Gasteiger partial charge in [0, 0.05) is 11.9 Å². The predicted molar refractivity (Wildman–Crippen MR) is 129 cm³/mol. The maximum absolute atomic E-state index is 8.89. The zero-order chi connectivity index (χ0) is 22.9. The third-order valence-corrected chi connectivity index (χ3v) is 9.95.